The number of pyridine rings is 1. The SMILES string of the molecule is O=C1c2ccccc2C(=O)c2c1c(O)c1c(c2O)[n+](Cc2ccc3ccccc3c2)cn1Cc1ccc2ccccc2n1. The highest BCUT2D eigenvalue weighted by molar-refractivity contribution is 6.32. The summed E-state index contributed by atoms with van der Waals surface area (Å²) in [4.78, 5) is 32.1. The van der Waals surface area contributed by atoms with E-state index >= 15 is 0 Å². The Morgan fingerprint density at radius 1 is 0.674 bits per heavy atom. The Balaban J connectivity index is 1.35. The molecular formula is C36H24N3O4+. The van der Waals surface area contributed by atoms with Crippen LogP contribution in [0.2, 0.25) is 0 Å². The predicted molar refractivity (Wildman–Crippen MR) is 163 cm³/mol. The number of aromatic nitrogens is 3. The minimum absolute atomic E-state index is 0.178. The van der Waals surface area contributed by atoms with Crippen LogP contribution in [-0.2, 0) is 13.1 Å². The molecule has 0 aliphatic heterocycles. The maximum absolute atomic E-state index is 13.7. The number of nitrogens with zero attached hydrogens (tertiary/aromatic N) is 3. The normalized spacial score (nSPS) is 12.7. The van der Waals surface area contributed by atoms with Gasteiger partial charge >= 0.3 is 0 Å². The molecule has 1 aliphatic carbocycles. The molecule has 2 heterocycles. The number of fused-ring (bicyclic) bond motifs is 5. The molecule has 5 aromatic carbocycles. The molecule has 7 nitrogen and oxygen atoms in total. The Hall–Kier alpha value is -5.82. The van der Waals surface area contributed by atoms with Crippen LogP contribution < -0.4 is 4.57 Å². The lowest BCUT2D eigenvalue weighted by Crippen LogP contribution is -2.33. The number of benzene rings is 5. The lowest BCUT2D eigenvalue weighted by Gasteiger charge is -2.19. The molecule has 8 rings (SSSR count). The van der Waals surface area contributed by atoms with Crippen molar-refractivity contribution < 1.29 is 24.4 Å². The smallest absolute Gasteiger partial charge is 0.245 e. The number of aromatic hydroxyl groups is 2. The van der Waals surface area contributed by atoms with E-state index in [1.165, 1.54) is 0 Å². The van der Waals surface area contributed by atoms with Crippen molar-refractivity contribution in [2.24, 2.45) is 0 Å². The van der Waals surface area contributed by atoms with Gasteiger partial charge in [0, 0.05) is 16.5 Å². The van der Waals surface area contributed by atoms with Gasteiger partial charge in [-0.2, -0.15) is 0 Å². The number of carbonyl (C=O) groups excluding carboxylic acids is 2. The van der Waals surface area contributed by atoms with Gasteiger partial charge < -0.3 is 10.2 Å². The summed E-state index contributed by atoms with van der Waals surface area (Å²) in [6.07, 6.45) is 1.80. The quantitative estimate of drug-likeness (QED) is 0.205. The molecule has 2 N–H and O–H groups in total. The summed E-state index contributed by atoms with van der Waals surface area (Å²) in [5, 5.41) is 26.7. The van der Waals surface area contributed by atoms with Crippen LogP contribution in [0.15, 0.2) is 109 Å². The third-order valence-electron chi connectivity index (χ3n) is 8.28. The summed E-state index contributed by atoms with van der Waals surface area (Å²) in [7, 11) is 0. The van der Waals surface area contributed by atoms with Crippen molar-refractivity contribution in [2.75, 3.05) is 0 Å². The third-order valence-corrected chi connectivity index (χ3v) is 8.28. The van der Waals surface area contributed by atoms with E-state index in [1.54, 1.807) is 35.2 Å². The van der Waals surface area contributed by atoms with Gasteiger partial charge in [0.1, 0.15) is 13.1 Å². The van der Waals surface area contributed by atoms with Gasteiger partial charge in [-0.3, -0.25) is 9.59 Å². The first-order valence-corrected chi connectivity index (χ1v) is 14.0. The zero-order valence-electron chi connectivity index (χ0n) is 22.9. The minimum Gasteiger partial charge on any atom is -0.503 e. The molecule has 0 bridgehead atoms. The number of carbonyl (C=O) groups is 2. The number of rotatable bonds is 4. The van der Waals surface area contributed by atoms with E-state index < -0.39 is 11.6 Å². The maximum atomic E-state index is 13.7. The summed E-state index contributed by atoms with van der Waals surface area (Å²) in [5.41, 5.74) is 3.11. The zero-order chi connectivity index (χ0) is 29.2. The molecule has 0 saturated heterocycles. The Labute approximate surface area is 245 Å². The first-order valence-electron chi connectivity index (χ1n) is 14.0. The summed E-state index contributed by atoms with van der Waals surface area (Å²) in [6, 6.07) is 32.4. The molecular weight excluding hydrogens is 538 g/mol. The summed E-state index contributed by atoms with van der Waals surface area (Å²) < 4.78 is 3.59. The van der Waals surface area contributed by atoms with Gasteiger partial charge in [-0.15, -0.1) is 0 Å². The van der Waals surface area contributed by atoms with Crippen LogP contribution in [0.5, 0.6) is 11.5 Å². The van der Waals surface area contributed by atoms with Crippen LogP contribution in [0.3, 0.4) is 0 Å². The largest absolute Gasteiger partial charge is 0.503 e. The van der Waals surface area contributed by atoms with Gasteiger partial charge in [0.2, 0.25) is 17.4 Å². The molecule has 7 heteroatoms. The standard InChI is InChI=1S/C36H23N3O4/c40-33-26-10-4-5-11-27(26)34(41)30-29(33)35(42)31-32(36(30)43)39(19-25-16-15-23-8-3-6-12-28(23)37-25)20-38(31)18-21-13-14-22-7-1-2-9-24(22)17-21/h1-17,20H,18-19H2,(H-,40,41,42,43)/p+1. The van der Waals surface area contributed by atoms with Crippen molar-refractivity contribution in [2.45, 2.75) is 13.1 Å². The monoisotopic (exact) mass is 562 g/mol. The second kappa shape index (κ2) is 9.36. The number of hydrogen-bond donors (Lipinski definition) is 2. The van der Waals surface area contributed by atoms with E-state index in [1.807, 2.05) is 77.4 Å². The number of ketones is 2. The molecule has 206 valence electrons. The van der Waals surface area contributed by atoms with Gasteiger partial charge in [-0.05, 0) is 34.5 Å². The fourth-order valence-electron chi connectivity index (χ4n) is 6.26. The van der Waals surface area contributed by atoms with Crippen LogP contribution in [0.1, 0.15) is 43.1 Å². The fraction of sp³-hybridized carbons (Fsp3) is 0.0556. The van der Waals surface area contributed by atoms with Crippen molar-refractivity contribution in [3.8, 4) is 11.5 Å². The first kappa shape index (κ1) is 24.9. The van der Waals surface area contributed by atoms with E-state index in [0.717, 1.165) is 32.9 Å². The molecule has 0 radical (unpaired) electrons. The number of hydrogen-bond acceptors (Lipinski definition) is 5. The average molecular weight is 563 g/mol. The molecule has 0 saturated carbocycles. The van der Waals surface area contributed by atoms with Gasteiger partial charge in [0.15, 0.2) is 23.1 Å². The van der Waals surface area contributed by atoms with Crippen LogP contribution in [0.25, 0.3) is 32.7 Å². The molecule has 0 amide bonds. The fourth-order valence-corrected chi connectivity index (χ4v) is 6.26. The van der Waals surface area contributed by atoms with Gasteiger partial charge in [0.25, 0.3) is 0 Å². The number of phenols is 2. The number of para-hydroxylation sites is 1. The van der Waals surface area contributed by atoms with Crippen LogP contribution in [0.4, 0.5) is 0 Å². The maximum Gasteiger partial charge on any atom is 0.245 e. The average Bonchev–Trinajstić information content (AvgIpc) is 3.39. The lowest BCUT2D eigenvalue weighted by molar-refractivity contribution is -0.663. The van der Waals surface area contributed by atoms with Crippen LogP contribution in [0, 0.1) is 0 Å². The Kier molecular flexibility index (Phi) is 5.43. The molecule has 0 atom stereocenters. The van der Waals surface area contributed by atoms with E-state index in [4.69, 9.17) is 4.98 Å². The van der Waals surface area contributed by atoms with Gasteiger partial charge in [-0.25, -0.2) is 14.1 Å². The zero-order valence-corrected chi connectivity index (χ0v) is 22.9. The predicted octanol–water partition coefficient (Wildman–Crippen LogP) is 5.91. The number of phenolic OH excluding ortho intramolecular Hbond substituents is 2. The number of imidazole rings is 1. The lowest BCUT2D eigenvalue weighted by atomic mass is 9.82. The van der Waals surface area contributed by atoms with Crippen LogP contribution >= 0.6 is 0 Å². The first-order chi connectivity index (χ1) is 21.0. The summed E-state index contributed by atoms with van der Waals surface area (Å²) in [5.74, 6) is -1.67. The highest BCUT2D eigenvalue weighted by Crippen LogP contribution is 2.43. The van der Waals surface area contributed by atoms with Crippen LogP contribution in [-0.4, -0.2) is 31.3 Å². The molecule has 0 fully saturated rings. The van der Waals surface area contributed by atoms with E-state index in [9.17, 15) is 19.8 Å². The minimum atomic E-state index is -0.502. The Morgan fingerprint density at radius 3 is 2.07 bits per heavy atom. The molecule has 0 unspecified atom stereocenters. The molecule has 2 aromatic heterocycles. The molecule has 1 aliphatic rings. The highest BCUT2D eigenvalue weighted by atomic mass is 16.3. The van der Waals surface area contributed by atoms with Gasteiger partial charge in [0.05, 0.1) is 22.3 Å². The second-order valence-electron chi connectivity index (χ2n) is 10.9. The van der Waals surface area contributed by atoms with Crippen molar-refractivity contribution in [3.05, 3.63) is 143 Å². The van der Waals surface area contributed by atoms with Crippen molar-refractivity contribution in [1.29, 1.82) is 0 Å². The second-order valence-corrected chi connectivity index (χ2v) is 10.9. The van der Waals surface area contributed by atoms with Crippen molar-refractivity contribution in [3.63, 3.8) is 0 Å². The molecule has 7 aromatic rings. The topological polar surface area (TPSA) is 96.3 Å². The van der Waals surface area contributed by atoms with Crippen molar-refractivity contribution >= 4 is 44.3 Å². The summed E-state index contributed by atoms with van der Waals surface area (Å²) >= 11 is 0. The Morgan fingerprint density at radius 2 is 1.30 bits per heavy atom. The molecule has 0 spiro atoms. The van der Waals surface area contributed by atoms with E-state index in [0.29, 0.717) is 6.54 Å². The highest BCUT2D eigenvalue weighted by Gasteiger charge is 2.40. The van der Waals surface area contributed by atoms with Gasteiger partial charge in [-0.1, -0.05) is 84.9 Å². The van der Waals surface area contributed by atoms with E-state index in [2.05, 4.69) is 6.07 Å². The van der Waals surface area contributed by atoms with E-state index in [-0.39, 0.29) is 51.3 Å². The summed E-state index contributed by atoms with van der Waals surface area (Å²) in [6.45, 7) is 0.612. The van der Waals surface area contributed by atoms with Crippen molar-refractivity contribution in [1.82, 2.24) is 9.55 Å². The Bertz CT molecular complexity index is 2160. The third kappa shape index (κ3) is 3.82. The molecule has 43 heavy (non-hydrogen) atoms.